The lowest BCUT2D eigenvalue weighted by Crippen LogP contribution is -2.09. The average molecular weight is 264 g/mol. The quantitative estimate of drug-likeness (QED) is 0.773. The van der Waals surface area contributed by atoms with E-state index in [1.165, 1.54) is 6.20 Å². The Labute approximate surface area is 101 Å². The molecular weight excluding hydrogens is 255 g/mol. The minimum absolute atomic E-state index is 0.0699. The van der Waals surface area contributed by atoms with Crippen LogP contribution in [0.3, 0.4) is 0 Å². The second-order valence-electron chi connectivity index (χ2n) is 3.60. The first kappa shape index (κ1) is 12.4. The summed E-state index contributed by atoms with van der Waals surface area (Å²) in [7, 11) is 0. The second-order valence-corrected chi connectivity index (χ2v) is 4.01. The minimum atomic E-state index is -4.47. The highest BCUT2D eigenvalue weighted by molar-refractivity contribution is 6.32. The van der Waals surface area contributed by atoms with Crippen molar-refractivity contribution in [1.82, 2.24) is 4.98 Å². The lowest BCUT2D eigenvalue weighted by molar-refractivity contribution is -0.141. The Balaban J connectivity index is 2.35. The van der Waals surface area contributed by atoms with Gasteiger partial charge in [0.15, 0.2) is 0 Å². The molecule has 1 aromatic rings. The van der Waals surface area contributed by atoms with Crippen LogP contribution >= 0.6 is 11.6 Å². The summed E-state index contributed by atoms with van der Waals surface area (Å²) in [6, 6.07) is 0.854. The van der Waals surface area contributed by atoms with Crippen LogP contribution in [0.25, 0.3) is 5.57 Å². The molecule has 0 aliphatic carbocycles. The molecule has 0 atom stereocenters. The summed E-state index contributed by atoms with van der Waals surface area (Å²) in [6.07, 6.45) is -0.860. The number of pyridine rings is 1. The first-order valence-electron chi connectivity index (χ1n) is 4.98. The Kier molecular flexibility index (Phi) is 3.40. The van der Waals surface area contributed by atoms with Gasteiger partial charge in [-0.2, -0.15) is 13.2 Å². The summed E-state index contributed by atoms with van der Waals surface area (Å²) in [4.78, 5) is 3.39. The van der Waals surface area contributed by atoms with E-state index < -0.39 is 11.9 Å². The van der Waals surface area contributed by atoms with E-state index in [0.29, 0.717) is 25.2 Å². The zero-order valence-electron chi connectivity index (χ0n) is 8.72. The lowest BCUT2D eigenvalue weighted by Gasteiger charge is -2.15. The zero-order valence-corrected chi connectivity index (χ0v) is 9.48. The molecule has 17 heavy (non-hydrogen) atoms. The number of hydrogen-bond acceptors (Lipinski definition) is 2. The highest BCUT2D eigenvalue weighted by Gasteiger charge is 2.33. The molecule has 0 N–H and O–H groups in total. The van der Waals surface area contributed by atoms with Gasteiger partial charge in [0, 0.05) is 11.8 Å². The molecule has 2 heterocycles. The number of halogens is 4. The largest absolute Gasteiger partial charge is 0.433 e. The summed E-state index contributed by atoms with van der Waals surface area (Å²) in [5, 5.41) is 0.0699. The van der Waals surface area contributed by atoms with Gasteiger partial charge in [-0.1, -0.05) is 17.7 Å². The highest BCUT2D eigenvalue weighted by atomic mass is 35.5. The fourth-order valence-corrected chi connectivity index (χ4v) is 1.87. The molecule has 0 fully saturated rings. The van der Waals surface area contributed by atoms with Crippen molar-refractivity contribution < 1.29 is 17.9 Å². The molecular formula is C11H9ClF3NO. The molecule has 0 radical (unpaired) electrons. The predicted molar refractivity (Wildman–Crippen MR) is 57.7 cm³/mol. The number of ether oxygens (including phenoxy) is 1. The Morgan fingerprint density at radius 1 is 1.35 bits per heavy atom. The van der Waals surface area contributed by atoms with E-state index in [-0.39, 0.29) is 5.02 Å². The number of alkyl halides is 3. The summed E-state index contributed by atoms with van der Waals surface area (Å²) >= 11 is 5.85. The molecule has 2 nitrogen and oxygen atoms in total. The van der Waals surface area contributed by atoms with E-state index in [2.05, 4.69) is 4.98 Å². The summed E-state index contributed by atoms with van der Waals surface area (Å²) in [5.74, 6) is 0. The van der Waals surface area contributed by atoms with E-state index in [1.807, 2.05) is 0 Å². The Morgan fingerprint density at radius 2 is 2.12 bits per heavy atom. The van der Waals surface area contributed by atoms with Gasteiger partial charge >= 0.3 is 6.18 Å². The monoisotopic (exact) mass is 263 g/mol. The molecule has 0 unspecified atom stereocenters. The average Bonchev–Trinajstić information content (AvgIpc) is 2.29. The number of aromatic nitrogens is 1. The Bertz CT molecular complexity index is 457. The normalized spacial score (nSPS) is 16.8. The maximum Gasteiger partial charge on any atom is 0.433 e. The third-order valence-electron chi connectivity index (χ3n) is 2.45. The van der Waals surface area contributed by atoms with E-state index in [9.17, 15) is 13.2 Å². The third-order valence-corrected chi connectivity index (χ3v) is 2.77. The molecule has 92 valence electrons. The molecule has 0 spiro atoms. The molecule has 2 rings (SSSR count). The van der Waals surface area contributed by atoms with Crippen molar-refractivity contribution in [3.05, 3.63) is 34.6 Å². The van der Waals surface area contributed by atoms with Gasteiger partial charge in [-0.15, -0.1) is 0 Å². The molecule has 0 bridgehead atoms. The van der Waals surface area contributed by atoms with E-state index in [0.717, 1.165) is 11.6 Å². The number of rotatable bonds is 1. The van der Waals surface area contributed by atoms with Crippen LogP contribution in [0.5, 0.6) is 0 Å². The van der Waals surface area contributed by atoms with Gasteiger partial charge in [-0.3, -0.25) is 4.98 Å². The van der Waals surface area contributed by atoms with Gasteiger partial charge in [0.25, 0.3) is 0 Å². The highest BCUT2D eigenvalue weighted by Crippen LogP contribution is 2.33. The SMILES string of the molecule is FC(F)(F)c1cc(Cl)c(C2=CCOCC2)cn1. The summed E-state index contributed by atoms with van der Waals surface area (Å²) < 4.78 is 42.3. The lowest BCUT2D eigenvalue weighted by atomic mass is 10.0. The number of nitrogens with zero attached hydrogens (tertiary/aromatic N) is 1. The van der Waals surface area contributed by atoms with E-state index in [1.54, 1.807) is 6.08 Å². The van der Waals surface area contributed by atoms with E-state index >= 15 is 0 Å². The minimum Gasteiger partial charge on any atom is -0.377 e. The van der Waals surface area contributed by atoms with Crippen LogP contribution in [-0.2, 0) is 10.9 Å². The standard InChI is InChI=1S/C11H9ClF3NO/c12-9-5-10(11(13,14)15)16-6-8(9)7-1-3-17-4-2-7/h1,5-6H,2-4H2. The van der Waals surface area contributed by atoms with Crippen LogP contribution in [0, 0.1) is 0 Å². The topological polar surface area (TPSA) is 22.1 Å². The Morgan fingerprint density at radius 3 is 2.65 bits per heavy atom. The molecule has 0 aromatic carbocycles. The van der Waals surface area contributed by atoms with Crippen LogP contribution in [0.2, 0.25) is 5.02 Å². The van der Waals surface area contributed by atoms with Crippen LogP contribution in [0.15, 0.2) is 18.3 Å². The molecule has 1 aliphatic heterocycles. The molecule has 1 aromatic heterocycles. The Hall–Kier alpha value is -1.07. The van der Waals surface area contributed by atoms with Crippen molar-refractivity contribution in [3.8, 4) is 0 Å². The predicted octanol–water partition coefficient (Wildman–Crippen LogP) is 3.56. The molecule has 0 saturated heterocycles. The maximum atomic E-state index is 12.4. The van der Waals surface area contributed by atoms with Gasteiger partial charge < -0.3 is 4.74 Å². The third kappa shape index (κ3) is 2.79. The molecule has 6 heteroatoms. The fraction of sp³-hybridized carbons (Fsp3) is 0.364. The van der Waals surface area contributed by atoms with E-state index in [4.69, 9.17) is 16.3 Å². The molecule has 1 aliphatic rings. The van der Waals surface area contributed by atoms with Crippen molar-refractivity contribution in [2.45, 2.75) is 12.6 Å². The fourth-order valence-electron chi connectivity index (χ4n) is 1.59. The number of hydrogen-bond donors (Lipinski definition) is 0. The van der Waals surface area contributed by atoms with Crippen LogP contribution < -0.4 is 0 Å². The first-order chi connectivity index (χ1) is 7.98. The van der Waals surface area contributed by atoms with Gasteiger partial charge in [0.05, 0.1) is 18.2 Å². The van der Waals surface area contributed by atoms with Crippen molar-refractivity contribution >= 4 is 17.2 Å². The second kappa shape index (κ2) is 4.66. The zero-order chi connectivity index (χ0) is 12.5. The van der Waals surface area contributed by atoms with Crippen LogP contribution in [0.4, 0.5) is 13.2 Å². The van der Waals surface area contributed by atoms with Gasteiger partial charge in [-0.25, -0.2) is 0 Å². The van der Waals surface area contributed by atoms with Crippen molar-refractivity contribution in [2.75, 3.05) is 13.2 Å². The van der Waals surface area contributed by atoms with Crippen LogP contribution in [0.1, 0.15) is 17.7 Å². The van der Waals surface area contributed by atoms with Gasteiger partial charge in [0.2, 0.25) is 0 Å². The molecule has 0 saturated carbocycles. The van der Waals surface area contributed by atoms with Gasteiger partial charge in [0.1, 0.15) is 5.69 Å². The summed E-state index contributed by atoms with van der Waals surface area (Å²) in [6.45, 7) is 0.996. The first-order valence-corrected chi connectivity index (χ1v) is 5.36. The smallest absolute Gasteiger partial charge is 0.377 e. The van der Waals surface area contributed by atoms with Crippen molar-refractivity contribution in [2.24, 2.45) is 0 Å². The summed E-state index contributed by atoms with van der Waals surface area (Å²) in [5.41, 5.74) is 0.448. The van der Waals surface area contributed by atoms with Crippen LogP contribution in [-0.4, -0.2) is 18.2 Å². The maximum absolute atomic E-state index is 12.4. The molecule has 0 amide bonds. The van der Waals surface area contributed by atoms with Crippen molar-refractivity contribution in [3.63, 3.8) is 0 Å². The van der Waals surface area contributed by atoms with Crippen molar-refractivity contribution in [1.29, 1.82) is 0 Å². The van der Waals surface area contributed by atoms with Gasteiger partial charge in [-0.05, 0) is 18.1 Å².